The number of nitrogens with zero attached hydrogens (tertiary/aromatic N) is 3. The predicted molar refractivity (Wildman–Crippen MR) is 86.8 cm³/mol. The van der Waals surface area contributed by atoms with Gasteiger partial charge in [-0.1, -0.05) is 32.9 Å². The molecule has 0 aromatic carbocycles. The minimum Gasteiger partial charge on any atom is -0.367 e. The van der Waals surface area contributed by atoms with Gasteiger partial charge in [0, 0.05) is 18.4 Å². The maximum atomic E-state index is 12.5. The van der Waals surface area contributed by atoms with E-state index >= 15 is 0 Å². The van der Waals surface area contributed by atoms with E-state index in [2.05, 4.69) is 48.1 Å². The van der Waals surface area contributed by atoms with Crippen LogP contribution >= 0.6 is 0 Å². The first-order valence-electron chi connectivity index (χ1n) is 8.42. The molecule has 0 spiro atoms. The van der Waals surface area contributed by atoms with Crippen molar-refractivity contribution in [3.63, 3.8) is 0 Å². The molecule has 1 fully saturated rings. The lowest BCUT2D eigenvalue weighted by Crippen LogP contribution is -2.43. The van der Waals surface area contributed by atoms with Gasteiger partial charge in [0.2, 0.25) is 5.91 Å². The Morgan fingerprint density at radius 1 is 1.48 bits per heavy atom. The van der Waals surface area contributed by atoms with Gasteiger partial charge in [-0.2, -0.15) is 5.10 Å². The van der Waals surface area contributed by atoms with Crippen molar-refractivity contribution in [3.8, 4) is 0 Å². The number of allylic oxidation sites excluding steroid dienone is 2. The molecule has 0 radical (unpaired) electrons. The number of H-pyrrole nitrogens is 1. The molecule has 2 aliphatic rings. The summed E-state index contributed by atoms with van der Waals surface area (Å²) in [5.74, 6) is 2.11. The van der Waals surface area contributed by atoms with Crippen LogP contribution in [0.1, 0.15) is 57.8 Å². The average molecular weight is 318 g/mol. The van der Waals surface area contributed by atoms with Crippen molar-refractivity contribution in [1.29, 1.82) is 0 Å². The molecule has 1 aliphatic heterocycles. The third-order valence-corrected chi connectivity index (χ3v) is 4.45. The van der Waals surface area contributed by atoms with Crippen LogP contribution in [-0.4, -0.2) is 45.7 Å². The SMILES string of the molecule is CC(C)(C)c1n[nH]c([C@H]2CN(C(=O)C[C@@H]3C=CCC3)CCO2)n1. The van der Waals surface area contributed by atoms with Crippen molar-refractivity contribution in [2.75, 3.05) is 19.7 Å². The fourth-order valence-corrected chi connectivity index (χ4v) is 3.01. The topological polar surface area (TPSA) is 71.1 Å². The summed E-state index contributed by atoms with van der Waals surface area (Å²) < 4.78 is 5.80. The summed E-state index contributed by atoms with van der Waals surface area (Å²) in [7, 11) is 0. The molecule has 0 saturated carbocycles. The number of carbonyl (C=O) groups is 1. The number of aromatic nitrogens is 3. The van der Waals surface area contributed by atoms with Gasteiger partial charge in [0.1, 0.15) is 6.10 Å². The Hall–Kier alpha value is -1.69. The number of rotatable bonds is 3. The van der Waals surface area contributed by atoms with E-state index in [1.54, 1.807) is 0 Å². The van der Waals surface area contributed by atoms with Crippen LogP contribution < -0.4 is 0 Å². The quantitative estimate of drug-likeness (QED) is 0.869. The molecule has 2 atom stereocenters. The standard InChI is InChI=1S/C17H26N4O2/c1-17(2,3)16-18-15(19-20-16)13-11-21(8-9-23-13)14(22)10-12-6-4-5-7-12/h4,6,12-13H,5,7-11H2,1-3H3,(H,18,19,20)/t12-,13-/m1/s1. The molecule has 1 aromatic rings. The molecule has 1 N–H and O–H groups in total. The van der Waals surface area contributed by atoms with Crippen molar-refractivity contribution in [2.45, 2.75) is 51.6 Å². The third-order valence-electron chi connectivity index (χ3n) is 4.45. The summed E-state index contributed by atoms with van der Waals surface area (Å²) in [6.07, 6.45) is 6.92. The molecule has 126 valence electrons. The monoisotopic (exact) mass is 318 g/mol. The van der Waals surface area contributed by atoms with E-state index in [1.165, 1.54) is 0 Å². The van der Waals surface area contributed by atoms with Gasteiger partial charge in [0.25, 0.3) is 0 Å². The number of hydrogen-bond acceptors (Lipinski definition) is 4. The van der Waals surface area contributed by atoms with Crippen LogP contribution in [0, 0.1) is 5.92 Å². The second-order valence-corrected chi connectivity index (χ2v) is 7.46. The highest BCUT2D eigenvalue weighted by Crippen LogP contribution is 2.25. The third kappa shape index (κ3) is 3.80. The first-order valence-corrected chi connectivity index (χ1v) is 8.42. The van der Waals surface area contributed by atoms with E-state index in [-0.39, 0.29) is 17.4 Å². The molecule has 0 bridgehead atoms. The fraction of sp³-hybridized carbons (Fsp3) is 0.706. The molecule has 23 heavy (non-hydrogen) atoms. The number of carbonyl (C=O) groups excluding carboxylic acids is 1. The minimum absolute atomic E-state index is 0.103. The summed E-state index contributed by atoms with van der Waals surface area (Å²) in [6, 6.07) is 0. The molecule has 1 amide bonds. The maximum Gasteiger partial charge on any atom is 0.223 e. The van der Waals surface area contributed by atoms with Gasteiger partial charge in [-0.05, 0) is 18.8 Å². The Labute approximate surface area is 137 Å². The van der Waals surface area contributed by atoms with Crippen LogP contribution in [0.2, 0.25) is 0 Å². The van der Waals surface area contributed by atoms with Gasteiger partial charge >= 0.3 is 0 Å². The van der Waals surface area contributed by atoms with Gasteiger partial charge in [0.05, 0.1) is 13.2 Å². The summed E-state index contributed by atoms with van der Waals surface area (Å²) in [5, 5.41) is 7.27. The normalized spacial score (nSPS) is 25.1. The molecule has 1 saturated heterocycles. The van der Waals surface area contributed by atoms with Crippen molar-refractivity contribution in [1.82, 2.24) is 20.1 Å². The molecule has 1 aliphatic carbocycles. The first kappa shape index (κ1) is 16.2. The van der Waals surface area contributed by atoms with Crippen LogP contribution in [0.4, 0.5) is 0 Å². The lowest BCUT2D eigenvalue weighted by Gasteiger charge is -2.32. The van der Waals surface area contributed by atoms with E-state index < -0.39 is 0 Å². The van der Waals surface area contributed by atoms with E-state index in [0.29, 0.717) is 37.9 Å². The second-order valence-electron chi connectivity index (χ2n) is 7.46. The zero-order valence-corrected chi connectivity index (χ0v) is 14.2. The number of ether oxygens (including phenoxy) is 1. The van der Waals surface area contributed by atoms with Gasteiger partial charge < -0.3 is 9.64 Å². The van der Waals surface area contributed by atoms with Crippen molar-refractivity contribution in [2.24, 2.45) is 5.92 Å². The molecule has 2 heterocycles. The van der Waals surface area contributed by atoms with Crippen LogP contribution in [0.15, 0.2) is 12.2 Å². The van der Waals surface area contributed by atoms with Crippen molar-refractivity contribution >= 4 is 5.91 Å². The van der Waals surface area contributed by atoms with Gasteiger partial charge in [0.15, 0.2) is 11.6 Å². The van der Waals surface area contributed by atoms with Crippen LogP contribution in [0.5, 0.6) is 0 Å². The van der Waals surface area contributed by atoms with Crippen molar-refractivity contribution < 1.29 is 9.53 Å². The molecule has 6 nitrogen and oxygen atoms in total. The zero-order chi connectivity index (χ0) is 16.4. The van der Waals surface area contributed by atoms with E-state index in [0.717, 1.165) is 18.7 Å². The fourth-order valence-electron chi connectivity index (χ4n) is 3.01. The Morgan fingerprint density at radius 3 is 2.96 bits per heavy atom. The largest absolute Gasteiger partial charge is 0.367 e. The summed E-state index contributed by atoms with van der Waals surface area (Å²) in [5.41, 5.74) is -0.103. The molecular formula is C17H26N4O2. The van der Waals surface area contributed by atoms with Gasteiger partial charge in [-0.3, -0.25) is 9.89 Å². The number of aromatic amines is 1. The molecular weight excluding hydrogens is 292 g/mol. The van der Waals surface area contributed by atoms with E-state index in [4.69, 9.17) is 4.74 Å². The molecule has 1 aromatic heterocycles. The number of morpholine rings is 1. The zero-order valence-electron chi connectivity index (χ0n) is 14.2. The molecule has 6 heteroatoms. The molecule has 3 rings (SSSR count). The summed E-state index contributed by atoms with van der Waals surface area (Å²) in [4.78, 5) is 18.9. The number of amides is 1. The Kier molecular flexibility index (Phi) is 4.53. The second kappa shape index (κ2) is 6.43. The minimum atomic E-state index is -0.213. The van der Waals surface area contributed by atoms with Crippen molar-refractivity contribution in [3.05, 3.63) is 23.8 Å². The first-order chi connectivity index (χ1) is 10.9. The Morgan fingerprint density at radius 2 is 2.30 bits per heavy atom. The summed E-state index contributed by atoms with van der Waals surface area (Å²) >= 11 is 0. The highest BCUT2D eigenvalue weighted by molar-refractivity contribution is 5.76. The van der Waals surface area contributed by atoms with Gasteiger partial charge in [-0.15, -0.1) is 0 Å². The molecule has 0 unspecified atom stereocenters. The van der Waals surface area contributed by atoms with Crippen LogP contribution in [-0.2, 0) is 14.9 Å². The smallest absolute Gasteiger partial charge is 0.223 e. The number of nitrogens with one attached hydrogen (secondary N) is 1. The maximum absolute atomic E-state index is 12.5. The number of hydrogen-bond donors (Lipinski definition) is 1. The lowest BCUT2D eigenvalue weighted by atomic mass is 9.96. The Balaban J connectivity index is 1.62. The van der Waals surface area contributed by atoms with Crippen LogP contribution in [0.25, 0.3) is 0 Å². The highest BCUT2D eigenvalue weighted by atomic mass is 16.5. The van der Waals surface area contributed by atoms with E-state index in [9.17, 15) is 4.79 Å². The predicted octanol–water partition coefficient (Wildman–Crippen LogP) is 2.36. The average Bonchev–Trinajstić information content (AvgIpc) is 3.18. The van der Waals surface area contributed by atoms with Crippen LogP contribution in [0.3, 0.4) is 0 Å². The van der Waals surface area contributed by atoms with E-state index in [1.807, 2.05) is 4.90 Å². The summed E-state index contributed by atoms with van der Waals surface area (Å²) in [6.45, 7) is 7.98. The van der Waals surface area contributed by atoms with Gasteiger partial charge in [-0.25, -0.2) is 4.98 Å². The highest BCUT2D eigenvalue weighted by Gasteiger charge is 2.30. The Bertz CT molecular complexity index is 588. The lowest BCUT2D eigenvalue weighted by molar-refractivity contribution is -0.140.